The van der Waals surface area contributed by atoms with Crippen LogP contribution < -0.4 is 10.7 Å². The van der Waals surface area contributed by atoms with Crippen molar-refractivity contribution in [3.63, 3.8) is 0 Å². The molecule has 1 aromatic carbocycles. The van der Waals surface area contributed by atoms with E-state index in [2.05, 4.69) is 10.3 Å². The number of ether oxygens (including phenoxy) is 1. The Morgan fingerprint density at radius 1 is 1.19 bits per heavy atom. The summed E-state index contributed by atoms with van der Waals surface area (Å²) in [7, 11) is 0. The Labute approximate surface area is 155 Å². The SMILES string of the molecule is CCOC(=O)c1cn(CC)c2ccc(NC(=O)c3ccccn3)cc2c1=O. The number of aryl methyl sites for hydroxylation is 1. The number of hydrogen-bond acceptors (Lipinski definition) is 5. The fourth-order valence-corrected chi connectivity index (χ4v) is 2.78. The normalized spacial score (nSPS) is 10.6. The predicted molar refractivity (Wildman–Crippen MR) is 102 cm³/mol. The maximum absolute atomic E-state index is 12.8. The van der Waals surface area contributed by atoms with Crippen molar-refractivity contribution < 1.29 is 14.3 Å². The number of aromatic nitrogens is 2. The first-order valence-electron chi connectivity index (χ1n) is 8.61. The topological polar surface area (TPSA) is 90.3 Å². The van der Waals surface area contributed by atoms with Crippen LogP contribution in [0.25, 0.3) is 10.9 Å². The third-order valence-electron chi connectivity index (χ3n) is 4.07. The molecule has 1 N–H and O–H groups in total. The highest BCUT2D eigenvalue weighted by Gasteiger charge is 2.17. The molecule has 0 saturated carbocycles. The van der Waals surface area contributed by atoms with Crippen molar-refractivity contribution in [1.82, 2.24) is 9.55 Å². The van der Waals surface area contributed by atoms with E-state index in [1.54, 1.807) is 47.9 Å². The standard InChI is InChI=1S/C20H19N3O4/c1-3-23-12-15(20(26)27-4-2)18(24)14-11-13(8-9-17(14)23)22-19(25)16-7-5-6-10-21-16/h5-12H,3-4H2,1-2H3,(H,22,25). The molecule has 0 spiro atoms. The summed E-state index contributed by atoms with van der Waals surface area (Å²) in [6.45, 7) is 4.35. The quantitative estimate of drug-likeness (QED) is 0.702. The molecule has 1 amide bonds. The fraction of sp³-hybridized carbons (Fsp3) is 0.200. The second-order valence-corrected chi connectivity index (χ2v) is 5.78. The molecule has 0 fully saturated rings. The Bertz CT molecular complexity index is 1060. The minimum Gasteiger partial charge on any atom is -0.462 e. The van der Waals surface area contributed by atoms with Gasteiger partial charge in [-0.15, -0.1) is 0 Å². The number of esters is 1. The second-order valence-electron chi connectivity index (χ2n) is 5.78. The molecule has 0 atom stereocenters. The monoisotopic (exact) mass is 365 g/mol. The van der Waals surface area contributed by atoms with E-state index in [1.165, 1.54) is 12.4 Å². The highest BCUT2D eigenvalue weighted by Crippen LogP contribution is 2.19. The van der Waals surface area contributed by atoms with Gasteiger partial charge in [0.25, 0.3) is 5.91 Å². The number of nitrogens with one attached hydrogen (secondary N) is 1. The van der Waals surface area contributed by atoms with Gasteiger partial charge < -0.3 is 14.6 Å². The van der Waals surface area contributed by atoms with Gasteiger partial charge in [0.15, 0.2) is 0 Å². The minimum absolute atomic E-state index is 0.0283. The maximum Gasteiger partial charge on any atom is 0.343 e. The summed E-state index contributed by atoms with van der Waals surface area (Å²) in [5.74, 6) is -1.04. The van der Waals surface area contributed by atoms with Crippen LogP contribution in [0.1, 0.15) is 34.7 Å². The van der Waals surface area contributed by atoms with Crippen LogP contribution in [0.15, 0.2) is 53.6 Å². The highest BCUT2D eigenvalue weighted by molar-refractivity contribution is 6.04. The van der Waals surface area contributed by atoms with Gasteiger partial charge in [-0.3, -0.25) is 14.6 Å². The average molecular weight is 365 g/mol. The molecule has 0 bridgehead atoms. The van der Waals surface area contributed by atoms with Crippen LogP contribution in [0, 0.1) is 0 Å². The number of fused-ring (bicyclic) bond motifs is 1. The molecule has 7 nitrogen and oxygen atoms in total. The fourth-order valence-electron chi connectivity index (χ4n) is 2.78. The predicted octanol–water partition coefficient (Wildman–Crippen LogP) is 2.85. The van der Waals surface area contributed by atoms with Gasteiger partial charge >= 0.3 is 5.97 Å². The number of rotatable bonds is 5. The van der Waals surface area contributed by atoms with Crippen LogP contribution in [0.2, 0.25) is 0 Å². The summed E-state index contributed by atoms with van der Waals surface area (Å²) < 4.78 is 6.78. The summed E-state index contributed by atoms with van der Waals surface area (Å²) in [6, 6.07) is 10.0. The van der Waals surface area contributed by atoms with Crippen molar-refractivity contribution >= 4 is 28.5 Å². The first-order valence-corrected chi connectivity index (χ1v) is 8.61. The second kappa shape index (κ2) is 7.82. The van der Waals surface area contributed by atoms with E-state index in [0.717, 1.165) is 0 Å². The van der Waals surface area contributed by atoms with Crippen molar-refractivity contribution in [1.29, 1.82) is 0 Å². The molecule has 2 aromatic heterocycles. The van der Waals surface area contributed by atoms with Crippen molar-refractivity contribution in [2.45, 2.75) is 20.4 Å². The van der Waals surface area contributed by atoms with E-state index in [9.17, 15) is 14.4 Å². The summed E-state index contributed by atoms with van der Waals surface area (Å²) >= 11 is 0. The van der Waals surface area contributed by atoms with Gasteiger partial charge in [0.05, 0.1) is 12.1 Å². The van der Waals surface area contributed by atoms with Crippen LogP contribution in [0.3, 0.4) is 0 Å². The Morgan fingerprint density at radius 2 is 2.00 bits per heavy atom. The number of nitrogens with zero attached hydrogens (tertiary/aromatic N) is 2. The van der Waals surface area contributed by atoms with Crippen molar-refractivity contribution in [2.24, 2.45) is 0 Å². The van der Waals surface area contributed by atoms with Gasteiger partial charge in [0.2, 0.25) is 5.43 Å². The highest BCUT2D eigenvalue weighted by atomic mass is 16.5. The zero-order chi connectivity index (χ0) is 19.4. The lowest BCUT2D eigenvalue weighted by atomic mass is 10.1. The zero-order valence-electron chi connectivity index (χ0n) is 15.1. The number of pyridine rings is 2. The lowest BCUT2D eigenvalue weighted by molar-refractivity contribution is 0.0524. The summed E-state index contributed by atoms with van der Waals surface area (Å²) in [4.78, 5) is 41.2. The Kier molecular flexibility index (Phi) is 5.30. The Balaban J connectivity index is 2.05. The van der Waals surface area contributed by atoms with E-state index in [1.807, 2.05) is 6.92 Å². The first kappa shape index (κ1) is 18.3. The van der Waals surface area contributed by atoms with Gasteiger partial charge in [0.1, 0.15) is 11.3 Å². The van der Waals surface area contributed by atoms with Crippen LogP contribution in [0.4, 0.5) is 5.69 Å². The smallest absolute Gasteiger partial charge is 0.343 e. The van der Waals surface area contributed by atoms with Crippen LogP contribution in [0.5, 0.6) is 0 Å². The third-order valence-corrected chi connectivity index (χ3v) is 4.07. The van der Waals surface area contributed by atoms with Crippen molar-refractivity contribution in [3.8, 4) is 0 Å². The van der Waals surface area contributed by atoms with Gasteiger partial charge in [-0.25, -0.2) is 4.79 Å². The molecule has 3 rings (SSSR count). The van der Waals surface area contributed by atoms with Crippen LogP contribution in [-0.4, -0.2) is 28.0 Å². The number of hydrogen-bond donors (Lipinski definition) is 1. The molecular formula is C20H19N3O4. The lowest BCUT2D eigenvalue weighted by Crippen LogP contribution is -2.21. The molecule has 7 heteroatoms. The summed E-state index contributed by atoms with van der Waals surface area (Å²) in [5, 5.41) is 3.06. The molecule has 0 saturated heterocycles. The minimum atomic E-state index is -0.658. The Hall–Kier alpha value is -3.48. The lowest BCUT2D eigenvalue weighted by Gasteiger charge is -2.12. The number of amides is 1. The number of carbonyl (C=O) groups excluding carboxylic acids is 2. The molecule has 0 aliphatic heterocycles. The molecule has 0 unspecified atom stereocenters. The molecule has 0 aliphatic rings. The summed E-state index contributed by atoms with van der Waals surface area (Å²) in [5.41, 5.74) is 0.927. The number of benzene rings is 1. The van der Waals surface area contributed by atoms with E-state index < -0.39 is 11.4 Å². The molecule has 3 aromatic rings. The number of anilines is 1. The van der Waals surface area contributed by atoms with Gasteiger partial charge in [0, 0.05) is 30.0 Å². The maximum atomic E-state index is 12.8. The largest absolute Gasteiger partial charge is 0.462 e. The third kappa shape index (κ3) is 3.72. The number of carbonyl (C=O) groups is 2. The molecule has 138 valence electrons. The van der Waals surface area contributed by atoms with Gasteiger partial charge in [-0.2, -0.15) is 0 Å². The van der Waals surface area contributed by atoms with Crippen molar-refractivity contribution in [2.75, 3.05) is 11.9 Å². The van der Waals surface area contributed by atoms with Crippen LogP contribution in [-0.2, 0) is 11.3 Å². The molecule has 0 radical (unpaired) electrons. The molecule has 2 heterocycles. The first-order chi connectivity index (χ1) is 13.0. The molecule has 27 heavy (non-hydrogen) atoms. The molecular weight excluding hydrogens is 346 g/mol. The summed E-state index contributed by atoms with van der Waals surface area (Å²) in [6.07, 6.45) is 3.04. The van der Waals surface area contributed by atoms with E-state index >= 15 is 0 Å². The van der Waals surface area contributed by atoms with Crippen molar-refractivity contribution in [3.05, 3.63) is 70.3 Å². The molecule has 0 aliphatic carbocycles. The van der Waals surface area contributed by atoms with Crippen LogP contribution >= 0.6 is 0 Å². The zero-order valence-corrected chi connectivity index (χ0v) is 15.1. The van der Waals surface area contributed by atoms with E-state index in [-0.39, 0.29) is 23.8 Å². The Morgan fingerprint density at radius 3 is 2.67 bits per heavy atom. The van der Waals surface area contributed by atoms with E-state index in [0.29, 0.717) is 23.1 Å². The van der Waals surface area contributed by atoms with Gasteiger partial charge in [-0.05, 0) is 44.2 Å². The van der Waals surface area contributed by atoms with Gasteiger partial charge in [-0.1, -0.05) is 6.07 Å². The average Bonchev–Trinajstić information content (AvgIpc) is 2.69. The van der Waals surface area contributed by atoms with E-state index in [4.69, 9.17) is 4.74 Å².